The SMILES string of the molecule is Cc1cc(C(=O)OC2CCC3(C)C(=CCC4C3CCC3(C)C(C(C)CCCC(C)C)CCC43)C2)cc(-n2c(O)c3c(c2O)C2CC(=O)N(C)C(=O)C2C3)c1. The number of esters is 1. The second kappa shape index (κ2) is 13.6. The van der Waals surface area contributed by atoms with Crippen LogP contribution in [0.15, 0.2) is 29.8 Å². The number of benzene rings is 1. The predicted molar refractivity (Wildman–Crippen MR) is 208 cm³/mol. The molecule has 8 nitrogen and oxygen atoms in total. The van der Waals surface area contributed by atoms with Gasteiger partial charge < -0.3 is 14.9 Å². The van der Waals surface area contributed by atoms with Crippen molar-refractivity contribution in [2.75, 3.05) is 7.05 Å². The second-order valence-corrected chi connectivity index (χ2v) is 19.4. The summed E-state index contributed by atoms with van der Waals surface area (Å²) in [6.45, 7) is 14.3. The number of fused-ring (bicyclic) bond motifs is 8. The van der Waals surface area contributed by atoms with E-state index in [0.717, 1.165) is 65.7 Å². The molecule has 0 bridgehead atoms. The van der Waals surface area contributed by atoms with E-state index in [4.69, 9.17) is 4.74 Å². The van der Waals surface area contributed by atoms with Gasteiger partial charge in [-0.25, -0.2) is 4.79 Å². The van der Waals surface area contributed by atoms with Gasteiger partial charge in [-0.2, -0.15) is 0 Å². The number of aromatic nitrogens is 1. The maximum Gasteiger partial charge on any atom is 0.338 e. The van der Waals surface area contributed by atoms with Crippen LogP contribution in [-0.4, -0.2) is 50.6 Å². The number of hydrogen-bond donors (Lipinski definition) is 2. The van der Waals surface area contributed by atoms with Crippen LogP contribution < -0.4 is 0 Å². The largest absolute Gasteiger partial charge is 0.494 e. The molecule has 4 fully saturated rings. The lowest BCUT2D eigenvalue weighted by Gasteiger charge is -2.58. The van der Waals surface area contributed by atoms with E-state index in [-0.39, 0.29) is 47.9 Å². The lowest BCUT2D eigenvalue weighted by molar-refractivity contribution is -0.150. The molecule has 6 aliphatic rings. The van der Waals surface area contributed by atoms with Crippen LogP contribution in [0.2, 0.25) is 0 Å². The zero-order chi connectivity index (χ0) is 38.4. The number of nitrogens with zero attached hydrogens (tertiary/aromatic N) is 2. The van der Waals surface area contributed by atoms with Crippen molar-refractivity contribution < 1.29 is 29.3 Å². The molecule has 8 rings (SSSR count). The lowest BCUT2D eigenvalue weighted by Crippen LogP contribution is -2.51. The van der Waals surface area contributed by atoms with Gasteiger partial charge in [0.2, 0.25) is 23.6 Å². The molecule has 1 aliphatic heterocycles. The standard InChI is InChI=1S/C46H62N2O6/c1-25(2)9-8-10-27(4)36-13-14-37-32-12-11-29-22-31(15-17-45(29,5)38(32)16-18-46(36,37)6)54-44(53)28-19-26(3)20-30(21-28)48-42(51)35-23-34-33(40(35)43(48)52)24-39(49)47(7)41(34)50/h11,19-21,25,27,31-34,36-38,51-52H,8-10,12-18,22-24H2,1-7H3. The van der Waals surface area contributed by atoms with Gasteiger partial charge in [0.15, 0.2) is 0 Å². The minimum Gasteiger partial charge on any atom is -0.494 e. The Kier molecular flexibility index (Phi) is 9.40. The third kappa shape index (κ3) is 5.86. The van der Waals surface area contributed by atoms with Crippen molar-refractivity contribution in [2.24, 2.45) is 52.3 Å². The van der Waals surface area contributed by atoms with Crippen LogP contribution >= 0.6 is 0 Å². The summed E-state index contributed by atoms with van der Waals surface area (Å²) in [5.41, 5.74) is 4.64. The van der Waals surface area contributed by atoms with E-state index in [2.05, 4.69) is 40.7 Å². The average molecular weight is 739 g/mol. The number of allylic oxidation sites excluding steroid dienone is 1. The van der Waals surface area contributed by atoms with E-state index in [1.165, 1.54) is 62.1 Å². The first-order valence-corrected chi connectivity index (χ1v) is 21.1. The van der Waals surface area contributed by atoms with Crippen molar-refractivity contribution in [1.82, 2.24) is 9.47 Å². The molecule has 1 saturated heterocycles. The number of amides is 2. The fourth-order valence-corrected chi connectivity index (χ4v) is 13.2. The van der Waals surface area contributed by atoms with Gasteiger partial charge >= 0.3 is 5.97 Å². The molecular weight excluding hydrogens is 677 g/mol. The number of likely N-dealkylation sites (tertiary alicyclic amines) is 1. The van der Waals surface area contributed by atoms with Crippen molar-refractivity contribution in [1.29, 1.82) is 0 Å². The normalized spacial score (nSPS) is 34.9. The molecule has 2 heterocycles. The molecule has 0 spiro atoms. The van der Waals surface area contributed by atoms with Crippen LogP contribution in [0.4, 0.5) is 0 Å². The maximum atomic E-state index is 13.8. The van der Waals surface area contributed by atoms with Crippen molar-refractivity contribution >= 4 is 17.8 Å². The van der Waals surface area contributed by atoms with E-state index in [0.29, 0.717) is 33.7 Å². The number of ether oxygens (including phenoxy) is 1. The quantitative estimate of drug-likeness (QED) is 0.159. The number of carbonyl (C=O) groups excluding carboxylic acids is 3. The highest BCUT2D eigenvalue weighted by Crippen LogP contribution is 2.67. The van der Waals surface area contributed by atoms with E-state index >= 15 is 0 Å². The van der Waals surface area contributed by atoms with Crippen molar-refractivity contribution in [3.05, 3.63) is 52.1 Å². The maximum absolute atomic E-state index is 13.8. The molecule has 292 valence electrons. The minimum atomic E-state index is -0.486. The zero-order valence-electron chi connectivity index (χ0n) is 33.6. The molecular formula is C46H62N2O6. The number of rotatable bonds is 8. The van der Waals surface area contributed by atoms with E-state index in [1.807, 2.05) is 6.92 Å². The topological polar surface area (TPSA) is 109 Å². The molecule has 3 saturated carbocycles. The number of imide groups is 1. The summed E-state index contributed by atoms with van der Waals surface area (Å²) < 4.78 is 7.59. The molecule has 8 heteroatoms. The number of carbonyl (C=O) groups is 3. The fraction of sp³-hybridized carbons (Fsp3) is 0.674. The van der Waals surface area contributed by atoms with Crippen molar-refractivity contribution in [2.45, 2.75) is 137 Å². The van der Waals surface area contributed by atoms with E-state index in [1.54, 1.807) is 18.2 Å². The highest BCUT2D eigenvalue weighted by atomic mass is 16.5. The summed E-state index contributed by atoms with van der Waals surface area (Å²) in [5.74, 6) is 2.41. The summed E-state index contributed by atoms with van der Waals surface area (Å²) in [5, 5.41) is 22.8. The second-order valence-electron chi connectivity index (χ2n) is 19.4. The highest BCUT2D eigenvalue weighted by molar-refractivity contribution is 6.00. The predicted octanol–water partition coefficient (Wildman–Crippen LogP) is 9.41. The van der Waals surface area contributed by atoms with Gasteiger partial charge in [0.05, 0.1) is 17.2 Å². The first-order valence-electron chi connectivity index (χ1n) is 21.1. The summed E-state index contributed by atoms with van der Waals surface area (Å²) in [4.78, 5) is 40.3. The van der Waals surface area contributed by atoms with E-state index in [9.17, 15) is 24.6 Å². The zero-order valence-corrected chi connectivity index (χ0v) is 33.6. The monoisotopic (exact) mass is 738 g/mol. The van der Waals surface area contributed by atoms with E-state index < -0.39 is 17.8 Å². The Morgan fingerprint density at radius 3 is 2.46 bits per heavy atom. The van der Waals surface area contributed by atoms with Gasteiger partial charge in [-0.1, -0.05) is 65.5 Å². The van der Waals surface area contributed by atoms with Gasteiger partial charge in [-0.05, 0) is 128 Å². The number of aryl methyl sites for hydroxylation is 1. The van der Waals surface area contributed by atoms with Crippen LogP contribution in [-0.2, 0) is 20.7 Å². The van der Waals surface area contributed by atoms with Crippen LogP contribution in [0.5, 0.6) is 11.8 Å². The molecule has 5 aliphatic carbocycles. The average Bonchev–Trinajstić information content (AvgIpc) is 3.75. The number of aromatic hydroxyl groups is 2. The molecule has 10 atom stereocenters. The minimum absolute atomic E-state index is 0.0962. The van der Waals surface area contributed by atoms with Gasteiger partial charge in [0.1, 0.15) is 6.10 Å². The molecule has 2 aromatic rings. The van der Waals surface area contributed by atoms with Crippen LogP contribution in [0.1, 0.15) is 145 Å². The molecule has 1 aromatic heterocycles. The smallest absolute Gasteiger partial charge is 0.338 e. The van der Waals surface area contributed by atoms with Crippen molar-refractivity contribution in [3.63, 3.8) is 0 Å². The first-order chi connectivity index (χ1) is 25.6. The van der Waals surface area contributed by atoms with Gasteiger partial charge in [-0.15, -0.1) is 0 Å². The Hall–Kier alpha value is -3.55. The Morgan fingerprint density at radius 1 is 0.926 bits per heavy atom. The number of hydrogen-bond acceptors (Lipinski definition) is 6. The fourth-order valence-electron chi connectivity index (χ4n) is 13.2. The Morgan fingerprint density at radius 2 is 1.70 bits per heavy atom. The molecule has 10 unspecified atom stereocenters. The Balaban J connectivity index is 0.957. The highest BCUT2D eigenvalue weighted by Gasteiger charge is 2.59. The molecule has 0 radical (unpaired) electrons. The molecule has 1 aromatic carbocycles. The summed E-state index contributed by atoms with van der Waals surface area (Å²) >= 11 is 0. The van der Waals surface area contributed by atoms with Gasteiger partial charge in [0, 0.05) is 36.9 Å². The summed E-state index contributed by atoms with van der Waals surface area (Å²) in [7, 11) is 1.48. The molecule has 2 N–H and O–H groups in total. The lowest BCUT2D eigenvalue weighted by atomic mass is 9.47. The third-order valence-corrected chi connectivity index (χ3v) is 16.0. The Bertz CT molecular complexity index is 1890. The first kappa shape index (κ1) is 37.4. The van der Waals surface area contributed by atoms with Crippen molar-refractivity contribution in [3.8, 4) is 17.4 Å². The number of piperidine rings is 1. The van der Waals surface area contributed by atoms with Crippen LogP contribution in [0, 0.1) is 59.2 Å². The third-order valence-electron chi connectivity index (χ3n) is 16.0. The van der Waals surface area contributed by atoms with Gasteiger partial charge in [-0.3, -0.25) is 19.1 Å². The van der Waals surface area contributed by atoms with Crippen LogP contribution in [0.25, 0.3) is 5.69 Å². The molecule has 2 amide bonds. The van der Waals surface area contributed by atoms with Crippen LogP contribution in [0.3, 0.4) is 0 Å². The summed E-state index contributed by atoms with van der Waals surface area (Å²) in [6, 6.07) is 5.25. The Labute approximate surface area is 321 Å². The molecule has 54 heavy (non-hydrogen) atoms. The summed E-state index contributed by atoms with van der Waals surface area (Å²) in [6.07, 6.45) is 16.0. The van der Waals surface area contributed by atoms with Gasteiger partial charge in [0.25, 0.3) is 0 Å².